The van der Waals surface area contributed by atoms with Crippen LogP contribution in [-0.4, -0.2) is 23.6 Å². The standard InChI is InChI=1S/C13H16N4/c1-14-12-9-15-10-13(17-12)16-8-7-11-5-3-2-4-6-11/h2-6,9-10H,7-8H2,1H3,(H2,14,16,17). The van der Waals surface area contributed by atoms with Crippen molar-refractivity contribution in [1.82, 2.24) is 9.97 Å². The van der Waals surface area contributed by atoms with E-state index in [9.17, 15) is 0 Å². The van der Waals surface area contributed by atoms with Gasteiger partial charge >= 0.3 is 0 Å². The first kappa shape index (κ1) is 11.4. The summed E-state index contributed by atoms with van der Waals surface area (Å²) in [6, 6.07) is 10.4. The molecule has 1 aromatic carbocycles. The molecule has 4 heteroatoms. The molecule has 0 spiro atoms. The van der Waals surface area contributed by atoms with Gasteiger partial charge in [-0.05, 0) is 12.0 Å². The molecule has 0 saturated heterocycles. The van der Waals surface area contributed by atoms with Crippen LogP contribution >= 0.6 is 0 Å². The van der Waals surface area contributed by atoms with Crippen LogP contribution < -0.4 is 10.6 Å². The molecule has 0 aliphatic carbocycles. The first-order valence-electron chi connectivity index (χ1n) is 5.66. The number of rotatable bonds is 5. The Morgan fingerprint density at radius 1 is 1.06 bits per heavy atom. The molecule has 0 aliphatic heterocycles. The molecule has 0 atom stereocenters. The van der Waals surface area contributed by atoms with Crippen LogP contribution in [0.25, 0.3) is 0 Å². The SMILES string of the molecule is CNc1cncc(NCCc2ccccc2)n1. The zero-order chi connectivity index (χ0) is 11.9. The quantitative estimate of drug-likeness (QED) is 0.823. The molecule has 1 aromatic heterocycles. The highest BCUT2D eigenvalue weighted by molar-refractivity contribution is 5.41. The van der Waals surface area contributed by atoms with Crippen LogP contribution in [0.3, 0.4) is 0 Å². The van der Waals surface area contributed by atoms with Crippen molar-refractivity contribution in [2.45, 2.75) is 6.42 Å². The molecule has 0 unspecified atom stereocenters. The van der Waals surface area contributed by atoms with Crippen molar-refractivity contribution < 1.29 is 0 Å². The van der Waals surface area contributed by atoms with E-state index >= 15 is 0 Å². The molecule has 1 heterocycles. The molecule has 0 radical (unpaired) electrons. The van der Waals surface area contributed by atoms with Crippen LogP contribution in [0.4, 0.5) is 11.6 Å². The van der Waals surface area contributed by atoms with E-state index in [1.165, 1.54) is 5.56 Å². The predicted octanol–water partition coefficient (Wildman–Crippen LogP) is 2.17. The van der Waals surface area contributed by atoms with Crippen molar-refractivity contribution in [3.63, 3.8) is 0 Å². The van der Waals surface area contributed by atoms with Gasteiger partial charge in [0.2, 0.25) is 0 Å². The fourth-order valence-corrected chi connectivity index (χ4v) is 1.55. The topological polar surface area (TPSA) is 49.8 Å². The molecule has 4 nitrogen and oxygen atoms in total. The Kier molecular flexibility index (Phi) is 3.91. The Labute approximate surface area is 101 Å². The Morgan fingerprint density at radius 2 is 1.82 bits per heavy atom. The minimum atomic E-state index is 0.773. The number of nitrogens with one attached hydrogen (secondary N) is 2. The van der Waals surface area contributed by atoms with Gasteiger partial charge in [0.05, 0.1) is 12.4 Å². The number of hydrogen-bond acceptors (Lipinski definition) is 4. The molecule has 2 rings (SSSR count). The van der Waals surface area contributed by atoms with Gasteiger partial charge in [0.25, 0.3) is 0 Å². The van der Waals surface area contributed by atoms with Gasteiger partial charge in [-0.25, -0.2) is 4.98 Å². The molecule has 0 aliphatic rings. The number of aromatic nitrogens is 2. The Morgan fingerprint density at radius 3 is 2.59 bits per heavy atom. The Bertz CT molecular complexity index is 456. The van der Waals surface area contributed by atoms with E-state index in [0.29, 0.717) is 0 Å². The molecule has 0 bridgehead atoms. The fraction of sp³-hybridized carbons (Fsp3) is 0.231. The maximum atomic E-state index is 4.34. The second-order valence-electron chi connectivity index (χ2n) is 3.70. The molecular formula is C13H16N4. The van der Waals surface area contributed by atoms with E-state index in [4.69, 9.17) is 0 Å². The summed E-state index contributed by atoms with van der Waals surface area (Å²) < 4.78 is 0. The van der Waals surface area contributed by atoms with Gasteiger partial charge in [0.1, 0.15) is 11.6 Å². The smallest absolute Gasteiger partial charge is 0.146 e. The average Bonchev–Trinajstić information content (AvgIpc) is 2.40. The van der Waals surface area contributed by atoms with E-state index in [2.05, 4.69) is 44.9 Å². The van der Waals surface area contributed by atoms with Crippen molar-refractivity contribution in [2.75, 3.05) is 24.2 Å². The third-order valence-electron chi connectivity index (χ3n) is 2.45. The van der Waals surface area contributed by atoms with E-state index in [1.807, 2.05) is 13.1 Å². The molecule has 17 heavy (non-hydrogen) atoms. The van der Waals surface area contributed by atoms with Crippen molar-refractivity contribution in [2.24, 2.45) is 0 Å². The first-order valence-corrected chi connectivity index (χ1v) is 5.66. The number of hydrogen-bond donors (Lipinski definition) is 2. The number of anilines is 2. The zero-order valence-electron chi connectivity index (χ0n) is 9.85. The van der Waals surface area contributed by atoms with E-state index < -0.39 is 0 Å². The fourth-order valence-electron chi connectivity index (χ4n) is 1.55. The summed E-state index contributed by atoms with van der Waals surface area (Å²) in [6.45, 7) is 0.853. The van der Waals surface area contributed by atoms with Crippen LogP contribution in [0, 0.1) is 0 Å². The molecule has 0 fully saturated rings. The van der Waals surface area contributed by atoms with Gasteiger partial charge in [0, 0.05) is 13.6 Å². The maximum Gasteiger partial charge on any atom is 0.146 e. The van der Waals surface area contributed by atoms with Crippen molar-refractivity contribution in [1.29, 1.82) is 0 Å². The molecule has 0 amide bonds. The summed E-state index contributed by atoms with van der Waals surface area (Å²) in [5.74, 6) is 1.57. The highest BCUT2D eigenvalue weighted by Gasteiger charge is 1.96. The number of benzene rings is 1. The zero-order valence-corrected chi connectivity index (χ0v) is 9.85. The van der Waals surface area contributed by atoms with Crippen molar-refractivity contribution in [3.05, 3.63) is 48.3 Å². The Hall–Kier alpha value is -2.10. The summed E-state index contributed by atoms with van der Waals surface area (Å²) in [6.07, 6.45) is 4.40. The summed E-state index contributed by atoms with van der Waals surface area (Å²) in [4.78, 5) is 8.43. The van der Waals surface area contributed by atoms with Gasteiger partial charge in [0.15, 0.2) is 0 Å². The van der Waals surface area contributed by atoms with Crippen molar-refractivity contribution >= 4 is 11.6 Å². The van der Waals surface area contributed by atoms with Gasteiger partial charge < -0.3 is 10.6 Å². The second-order valence-corrected chi connectivity index (χ2v) is 3.70. The third kappa shape index (κ3) is 3.45. The third-order valence-corrected chi connectivity index (χ3v) is 2.45. The summed E-state index contributed by atoms with van der Waals surface area (Å²) >= 11 is 0. The van der Waals surface area contributed by atoms with Gasteiger partial charge in [-0.2, -0.15) is 0 Å². The van der Waals surface area contributed by atoms with Crippen LogP contribution in [-0.2, 0) is 6.42 Å². The summed E-state index contributed by atoms with van der Waals surface area (Å²) in [7, 11) is 1.83. The average molecular weight is 228 g/mol. The highest BCUT2D eigenvalue weighted by Crippen LogP contribution is 2.06. The highest BCUT2D eigenvalue weighted by atomic mass is 15.1. The summed E-state index contributed by atoms with van der Waals surface area (Å²) in [5, 5.41) is 6.22. The van der Waals surface area contributed by atoms with Gasteiger partial charge in [-0.15, -0.1) is 0 Å². The van der Waals surface area contributed by atoms with E-state index in [-0.39, 0.29) is 0 Å². The van der Waals surface area contributed by atoms with E-state index in [0.717, 1.165) is 24.6 Å². The van der Waals surface area contributed by atoms with Crippen LogP contribution in [0.5, 0.6) is 0 Å². The van der Waals surface area contributed by atoms with Gasteiger partial charge in [-0.1, -0.05) is 30.3 Å². The lowest BCUT2D eigenvalue weighted by Crippen LogP contribution is -2.07. The largest absolute Gasteiger partial charge is 0.372 e. The minimum absolute atomic E-state index is 0.773. The molecule has 2 aromatic rings. The first-order chi connectivity index (χ1) is 8.38. The molecule has 0 saturated carbocycles. The molecule has 2 N–H and O–H groups in total. The van der Waals surface area contributed by atoms with E-state index in [1.54, 1.807) is 12.4 Å². The number of nitrogens with zero attached hydrogens (tertiary/aromatic N) is 2. The van der Waals surface area contributed by atoms with Crippen molar-refractivity contribution in [3.8, 4) is 0 Å². The monoisotopic (exact) mass is 228 g/mol. The summed E-state index contributed by atoms with van der Waals surface area (Å²) in [5.41, 5.74) is 1.32. The van der Waals surface area contributed by atoms with Gasteiger partial charge in [-0.3, -0.25) is 4.98 Å². The normalized spacial score (nSPS) is 9.94. The molecular weight excluding hydrogens is 212 g/mol. The molecule has 88 valence electrons. The van der Waals surface area contributed by atoms with Crippen LogP contribution in [0.15, 0.2) is 42.7 Å². The maximum absolute atomic E-state index is 4.34. The minimum Gasteiger partial charge on any atom is -0.372 e. The lowest BCUT2D eigenvalue weighted by atomic mass is 10.1. The lowest BCUT2D eigenvalue weighted by Gasteiger charge is -2.06. The lowest BCUT2D eigenvalue weighted by molar-refractivity contribution is 1.000. The van der Waals surface area contributed by atoms with Crippen LogP contribution in [0.2, 0.25) is 0 Å². The Balaban J connectivity index is 1.86. The predicted molar refractivity (Wildman–Crippen MR) is 70.2 cm³/mol. The van der Waals surface area contributed by atoms with Crippen LogP contribution in [0.1, 0.15) is 5.56 Å². The second kappa shape index (κ2) is 5.84.